The highest BCUT2D eigenvalue weighted by atomic mass is 19.2. The number of amides is 2. The lowest BCUT2D eigenvalue weighted by Crippen LogP contribution is -2.44. The van der Waals surface area contributed by atoms with E-state index in [2.05, 4.69) is 15.4 Å². The minimum atomic E-state index is -2.43. The number of benzene rings is 3. The normalized spacial score (nSPS) is 13.0. The molecule has 0 bridgehead atoms. The average molecular weight is 621 g/mol. The van der Waals surface area contributed by atoms with Gasteiger partial charge in [0.05, 0.1) is 0 Å². The van der Waals surface area contributed by atoms with Crippen LogP contribution in [0.4, 0.5) is 31.5 Å². The molecule has 0 aromatic heterocycles. The van der Waals surface area contributed by atoms with Crippen molar-refractivity contribution in [3.05, 3.63) is 88.7 Å². The molecule has 0 aliphatic heterocycles. The van der Waals surface area contributed by atoms with Gasteiger partial charge in [0.1, 0.15) is 18.2 Å². The molecule has 0 radical (unpaired) electrons. The first-order valence-electron chi connectivity index (χ1n) is 13.6. The Hall–Kier alpha value is -4.68. The molecule has 2 N–H and O–H groups in total. The molecule has 234 valence electrons. The number of carbonyl (C=O) groups excluding carboxylic acids is 3. The Bertz CT molecular complexity index is 1500. The molecule has 8 nitrogen and oxygen atoms in total. The van der Waals surface area contributed by atoms with Gasteiger partial charge in [0.2, 0.25) is 34.8 Å². The highest BCUT2D eigenvalue weighted by Gasteiger charge is 2.33. The molecule has 13 heteroatoms. The molecule has 1 aliphatic rings. The summed E-state index contributed by atoms with van der Waals surface area (Å²) in [5.41, 5.74) is 2.99. The largest absolute Gasteiger partial charge is 0.449 e. The predicted molar refractivity (Wildman–Crippen MR) is 147 cm³/mol. The first-order valence-corrected chi connectivity index (χ1v) is 13.6. The van der Waals surface area contributed by atoms with E-state index in [9.17, 15) is 36.3 Å². The number of carbonyl (C=O) groups is 3. The fourth-order valence-electron chi connectivity index (χ4n) is 4.69. The highest BCUT2D eigenvalue weighted by molar-refractivity contribution is 5.83. The number of alkyl carbamates (subject to hydrolysis) is 2. The van der Waals surface area contributed by atoms with Gasteiger partial charge < -0.3 is 24.8 Å². The zero-order valence-corrected chi connectivity index (χ0v) is 23.9. The van der Waals surface area contributed by atoms with Crippen molar-refractivity contribution in [2.24, 2.45) is 0 Å². The van der Waals surface area contributed by atoms with Crippen molar-refractivity contribution < 1.29 is 50.5 Å². The number of hydrogen-bond acceptors (Lipinski definition) is 6. The Labute approximate surface area is 249 Å². The van der Waals surface area contributed by atoms with Gasteiger partial charge in [0, 0.05) is 12.5 Å². The van der Waals surface area contributed by atoms with Crippen LogP contribution in [0.1, 0.15) is 50.7 Å². The summed E-state index contributed by atoms with van der Waals surface area (Å²) in [5.74, 6) is -15.5. The number of nitrogens with one attached hydrogen (secondary N) is 2. The molecular weight excluding hydrogens is 591 g/mol. The lowest BCUT2D eigenvalue weighted by atomic mass is 9.98. The van der Waals surface area contributed by atoms with E-state index in [1.165, 1.54) is 0 Å². The van der Waals surface area contributed by atoms with E-state index < -0.39 is 64.6 Å². The van der Waals surface area contributed by atoms with Crippen molar-refractivity contribution >= 4 is 18.2 Å². The van der Waals surface area contributed by atoms with Crippen LogP contribution in [-0.2, 0) is 14.3 Å². The maximum absolute atomic E-state index is 14.2. The third-order valence-corrected chi connectivity index (χ3v) is 6.63. The van der Waals surface area contributed by atoms with Crippen LogP contribution in [0.3, 0.4) is 0 Å². The van der Waals surface area contributed by atoms with Crippen molar-refractivity contribution in [3.63, 3.8) is 0 Å². The molecule has 0 fully saturated rings. The lowest BCUT2D eigenvalue weighted by molar-refractivity contribution is -0.137. The average Bonchev–Trinajstić information content (AvgIpc) is 3.30. The maximum Gasteiger partial charge on any atom is 0.407 e. The van der Waals surface area contributed by atoms with Crippen LogP contribution in [0.5, 0.6) is 5.75 Å². The topological polar surface area (TPSA) is 103 Å². The summed E-state index contributed by atoms with van der Waals surface area (Å²) in [4.78, 5) is 37.6. The summed E-state index contributed by atoms with van der Waals surface area (Å²) in [6.45, 7) is 4.75. The fraction of sp³-hybridized carbons (Fsp3) is 0.323. The van der Waals surface area contributed by atoms with E-state index >= 15 is 0 Å². The van der Waals surface area contributed by atoms with Crippen LogP contribution in [0, 0.1) is 29.1 Å². The van der Waals surface area contributed by atoms with Gasteiger partial charge in [-0.25, -0.2) is 27.6 Å². The number of esters is 1. The number of ether oxygens (including phenoxy) is 3. The molecule has 1 aliphatic carbocycles. The second-order valence-electron chi connectivity index (χ2n) is 10.9. The Morgan fingerprint density at radius 3 is 1.86 bits per heavy atom. The standard InChI is InChI=1S/C31H29F5N2O6/c1-31(2,3)44-29(40)37-14-8-13-21(28(39)43-27-25(35)23(33)22(32)24(34)26(27)36)38-30(41)42-15-20-18-11-6-4-9-16(18)17-10-5-7-12-19(17)20/h4-7,9-12,20-21H,8,13-15H2,1-3H3,(H,37,40)(H,38,41)/t21-/m0/s1. The molecule has 0 spiro atoms. The van der Waals surface area contributed by atoms with E-state index in [1.807, 2.05) is 48.5 Å². The van der Waals surface area contributed by atoms with Crippen LogP contribution in [-0.4, -0.2) is 43.0 Å². The van der Waals surface area contributed by atoms with Crippen molar-refractivity contribution in [3.8, 4) is 16.9 Å². The SMILES string of the molecule is CC(C)(C)OC(=O)NCCC[C@H](NC(=O)OCC1c2ccccc2-c2ccccc21)C(=O)Oc1c(F)c(F)c(F)c(F)c1F. The van der Waals surface area contributed by atoms with E-state index in [0.717, 1.165) is 22.3 Å². The molecule has 2 amide bonds. The van der Waals surface area contributed by atoms with Gasteiger partial charge in [0.15, 0.2) is 0 Å². The molecule has 0 unspecified atom stereocenters. The monoisotopic (exact) mass is 620 g/mol. The van der Waals surface area contributed by atoms with E-state index in [0.29, 0.717) is 0 Å². The Balaban J connectivity index is 1.46. The van der Waals surface area contributed by atoms with Gasteiger partial charge in [-0.3, -0.25) is 0 Å². The molecule has 3 aromatic rings. The zero-order chi connectivity index (χ0) is 32.2. The number of fused-ring (bicyclic) bond motifs is 3. The van der Waals surface area contributed by atoms with Gasteiger partial charge in [-0.1, -0.05) is 48.5 Å². The second kappa shape index (κ2) is 13.3. The van der Waals surface area contributed by atoms with E-state index in [4.69, 9.17) is 9.47 Å². The molecule has 4 rings (SSSR count). The minimum Gasteiger partial charge on any atom is -0.449 e. The Kier molecular flexibility index (Phi) is 9.75. The van der Waals surface area contributed by atoms with Crippen LogP contribution in [0.2, 0.25) is 0 Å². The maximum atomic E-state index is 14.2. The van der Waals surface area contributed by atoms with Gasteiger partial charge in [-0.15, -0.1) is 0 Å². The summed E-state index contributed by atoms with van der Waals surface area (Å²) in [6.07, 6.45) is -2.15. The molecule has 0 heterocycles. The predicted octanol–water partition coefficient (Wildman–Crippen LogP) is 6.50. The van der Waals surface area contributed by atoms with Crippen LogP contribution >= 0.6 is 0 Å². The molecule has 0 saturated carbocycles. The summed E-state index contributed by atoms with van der Waals surface area (Å²) in [6, 6.07) is 13.4. The third-order valence-electron chi connectivity index (χ3n) is 6.63. The first kappa shape index (κ1) is 32.2. The zero-order valence-electron chi connectivity index (χ0n) is 23.9. The van der Waals surface area contributed by atoms with Crippen LogP contribution < -0.4 is 15.4 Å². The van der Waals surface area contributed by atoms with E-state index in [-0.39, 0.29) is 31.9 Å². The van der Waals surface area contributed by atoms with Gasteiger partial charge in [-0.05, 0) is 55.9 Å². The minimum absolute atomic E-state index is 0.000229. The molecule has 0 saturated heterocycles. The number of rotatable bonds is 9. The fourth-order valence-corrected chi connectivity index (χ4v) is 4.69. The third kappa shape index (κ3) is 7.26. The van der Waals surface area contributed by atoms with Crippen LogP contribution in [0.15, 0.2) is 48.5 Å². The summed E-state index contributed by atoms with van der Waals surface area (Å²) in [7, 11) is 0. The summed E-state index contributed by atoms with van der Waals surface area (Å²) >= 11 is 0. The Morgan fingerprint density at radius 1 is 0.795 bits per heavy atom. The molecule has 1 atom stereocenters. The molecule has 3 aromatic carbocycles. The van der Waals surface area contributed by atoms with Crippen molar-refractivity contribution in [2.75, 3.05) is 13.2 Å². The number of halogens is 5. The van der Waals surface area contributed by atoms with Crippen molar-refractivity contribution in [1.82, 2.24) is 10.6 Å². The summed E-state index contributed by atoms with van der Waals surface area (Å²) in [5, 5.41) is 4.67. The summed E-state index contributed by atoms with van der Waals surface area (Å²) < 4.78 is 84.2. The molecular formula is C31H29F5N2O6. The highest BCUT2D eigenvalue weighted by Crippen LogP contribution is 2.44. The van der Waals surface area contributed by atoms with E-state index in [1.54, 1.807) is 20.8 Å². The van der Waals surface area contributed by atoms with Crippen molar-refractivity contribution in [2.45, 2.75) is 51.2 Å². The first-order chi connectivity index (χ1) is 20.8. The lowest BCUT2D eigenvalue weighted by Gasteiger charge is -2.21. The molecule has 44 heavy (non-hydrogen) atoms. The van der Waals surface area contributed by atoms with Gasteiger partial charge in [-0.2, -0.15) is 8.78 Å². The second-order valence-corrected chi connectivity index (χ2v) is 10.9. The smallest absolute Gasteiger partial charge is 0.407 e. The number of hydrogen-bond donors (Lipinski definition) is 2. The van der Waals surface area contributed by atoms with Crippen molar-refractivity contribution in [1.29, 1.82) is 0 Å². The quantitative estimate of drug-likeness (QED) is 0.0707. The van der Waals surface area contributed by atoms with Gasteiger partial charge in [0.25, 0.3) is 0 Å². The Morgan fingerprint density at radius 2 is 1.32 bits per heavy atom. The van der Waals surface area contributed by atoms with Crippen LogP contribution in [0.25, 0.3) is 11.1 Å². The van der Waals surface area contributed by atoms with Gasteiger partial charge >= 0.3 is 18.2 Å².